The van der Waals surface area contributed by atoms with Gasteiger partial charge in [0.1, 0.15) is 11.4 Å². The summed E-state index contributed by atoms with van der Waals surface area (Å²) >= 11 is 3.34. The maximum absolute atomic E-state index is 11.9. The number of carbonyl (C=O) groups excluding carboxylic acids is 1. The Balaban J connectivity index is 1.79. The van der Waals surface area contributed by atoms with Gasteiger partial charge in [0.15, 0.2) is 6.61 Å². The van der Waals surface area contributed by atoms with Crippen LogP contribution in [0, 0.1) is 5.92 Å². The molecular formula is C14H18BrNO3. The molecule has 1 aromatic rings. The molecule has 1 aliphatic heterocycles. The van der Waals surface area contributed by atoms with Crippen molar-refractivity contribution in [2.24, 2.45) is 5.92 Å². The van der Waals surface area contributed by atoms with Crippen molar-refractivity contribution in [2.75, 3.05) is 19.7 Å². The van der Waals surface area contributed by atoms with Gasteiger partial charge in [-0.1, -0.05) is 29.8 Å². The second-order valence-corrected chi connectivity index (χ2v) is 6.17. The molecule has 1 fully saturated rings. The zero-order valence-corrected chi connectivity index (χ0v) is 12.7. The summed E-state index contributed by atoms with van der Waals surface area (Å²) < 4.78 is 6.38. The molecule has 19 heavy (non-hydrogen) atoms. The van der Waals surface area contributed by atoms with Crippen molar-refractivity contribution in [1.82, 2.24) is 4.90 Å². The lowest BCUT2D eigenvalue weighted by atomic mass is 9.83. The second-order valence-electron chi connectivity index (χ2n) is 5.25. The van der Waals surface area contributed by atoms with E-state index in [2.05, 4.69) is 15.9 Å². The Morgan fingerprint density at radius 3 is 2.53 bits per heavy atom. The molecule has 4 nitrogen and oxygen atoms in total. The highest BCUT2D eigenvalue weighted by Crippen LogP contribution is 2.28. The summed E-state index contributed by atoms with van der Waals surface area (Å²) in [6, 6.07) is 7.33. The van der Waals surface area contributed by atoms with Gasteiger partial charge in [-0.15, -0.1) is 0 Å². The normalized spacial score (nSPS) is 17.2. The van der Waals surface area contributed by atoms with Crippen LogP contribution < -0.4 is 4.74 Å². The first-order valence-corrected chi connectivity index (χ1v) is 7.08. The third-order valence-electron chi connectivity index (χ3n) is 3.53. The maximum Gasteiger partial charge on any atom is 0.260 e. The number of halogens is 1. The Morgan fingerprint density at radius 2 is 2.00 bits per heavy atom. The minimum Gasteiger partial charge on any atom is -0.484 e. The van der Waals surface area contributed by atoms with Gasteiger partial charge in [-0.3, -0.25) is 4.79 Å². The van der Waals surface area contributed by atoms with Crippen LogP contribution in [0.15, 0.2) is 28.7 Å². The zero-order valence-electron chi connectivity index (χ0n) is 11.1. The molecule has 0 aromatic heterocycles. The molecule has 0 spiro atoms. The number of carbonyl (C=O) groups is 1. The molecule has 1 amide bonds. The van der Waals surface area contributed by atoms with E-state index in [1.54, 1.807) is 17.0 Å². The van der Waals surface area contributed by atoms with Crippen LogP contribution in [0.5, 0.6) is 5.75 Å². The molecule has 1 saturated heterocycles. The summed E-state index contributed by atoms with van der Waals surface area (Å²) in [6.45, 7) is 4.72. The van der Waals surface area contributed by atoms with Gasteiger partial charge in [-0.25, -0.2) is 0 Å². The number of hydrogen-bond acceptors (Lipinski definition) is 3. The highest BCUT2D eigenvalue weighted by molar-refractivity contribution is 9.10. The number of rotatable bonds is 4. The van der Waals surface area contributed by atoms with E-state index >= 15 is 0 Å². The van der Waals surface area contributed by atoms with Gasteiger partial charge in [-0.05, 0) is 30.2 Å². The molecule has 0 saturated carbocycles. The van der Waals surface area contributed by atoms with Crippen LogP contribution in [0.3, 0.4) is 0 Å². The summed E-state index contributed by atoms with van der Waals surface area (Å²) in [5.41, 5.74) is -0.729. The van der Waals surface area contributed by atoms with Crippen LogP contribution in [0.2, 0.25) is 0 Å². The molecular weight excluding hydrogens is 310 g/mol. The van der Waals surface area contributed by atoms with Gasteiger partial charge >= 0.3 is 0 Å². The lowest BCUT2D eigenvalue weighted by Gasteiger charge is -2.48. The fraction of sp³-hybridized carbons (Fsp3) is 0.500. The minimum absolute atomic E-state index is 0.00973. The number of hydrogen-bond donors (Lipinski definition) is 1. The van der Waals surface area contributed by atoms with E-state index < -0.39 is 5.60 Å². The molecule has 1 heterocycles. The molecule has 104 valence electrons. The standard InChI is InChI=1S/C14H18BrNO3/c1-10(2)14(18)8-16(9-14)13(17)7-19-12-5-3-11(15)4-6-12/h3-6,10,18H,7-9H2,1-2H3. The third kappa shape index (κ3) is 3.28. The highest BCUT2D eigenvalue weighted by Gasteiger charge is 2.45. The van der Waals surface area contributed by atoms with Crippen molar-refractivity contribution in [1.29, 1.82) is 0 Å². The summed E-state index contributed by atoms with van der Waals surface area (Å²) in [5.74, 6) is 0.730. The average molecular weight is 328 g/mol. The Bertz CT molecular complexity index is 452. The van der Waals surface area contributed by atoms with Crippen LogP contribution >= 0.6 is 15.9 Å². The van der Waals surface area contributed by atoms with Crippen LogP contribution in [0.4, 0.5) is 0 Å². The lowest BCUT2D eigenvalue weighted by Crippen LogP contribution is -2.66. The van der Waals surface area contributed by atoms with E-state index in [1.165, 1.54) is 0 Å². The molecule has 0 radical (unpaired) electrons. The number of ether oxygens (including phenoxy) is 1. The SMILES string of the molecule is CC(C)C1(O)CN(C(=O)COc2ccc(Br)cc2)C1. The topological polar surface area (TPSA) is 49.8 Å². The van der Waals surface area contributed by atoms with Crippen molar-refractivity contribution in [3.05, 3.63) is 28.7 Å². The second kappa shape index (κ2) is 5.51. The first kappa shape index (κ1) is 14.3. The number of likely N-dealkylation sites (tertiary alicyclic amines) is 1. The molecule has 0 bridgehead atoms. The fourth-order valence-electron chi connectivity index (χ4n) is 1.92. The molecule has 2 rings (SSSR count). The number of β-amino-alcohol motifs (C(OH)–C–C–N with tert-alkyl or cyclic N) is 1. The Labute approximate surface area is 121 Å². The molecule has 0 atom stereocenters. The third-order valence-corrected chi connectivity index (χ3v) is 4.06. The average Bonchev–Trinajstić information content (AvgIpc) is 2.33. The van der Waals surface area contributed by atoms with Crippen molar-refractivity contribution in [3.63, 3.8) is 0 Å². The summed E-state index contributed by atoms with van der Waals surface area (Å²) in [5, 5.41) is 10.1. The van der Waals surface area contributed by atoms with E-state index in [1.807, 2.05) is 26.0 Å². The summed E-state index contributed by atoms with van der Waals surface area (Å²) in [4.78, 5) is 13.5. The number of benzene rings is 1. The van der Waals surface area contributed by atoms with Gasteiger partial charge in [0, 0.05) is 4.47 Å². The largest absolute Gasteiger partial charge is 0.484 e. The fourth-order valence-corrected chi connectivity index (χ4v) is 2.19. The molecule has 0 aliphatic carbocycles. The molecule has 0 unspecified atom stereocenters. The highest BCUT2D eigenvalue weighted by atomic mass is 79.9. The van der Waals surface area contributed by atoms with E-state index in [4.69, 9.17) is 4.74 Å². The number of aliphatic hydroxyl groups is 1. The maximum atomic E-state index is 11.9. The first-order valence-electron chi connectivity index (χ1n) is 6.29. The lowest BCUT2D eigenvalue weighted by molar-refractivity contribution is -0.165. The van der Waals surface area contributed by atoms with Crippen molar-refractivity contribution in [3.8, 4) is 5.75 Å². The van der Waals surface area contributed by atoms with Crippen LogP contribution in [-0.4, -0.2) is 41.2 Å². The van der Waals surface area contributed by atoms with E-state index in [-0.39, 0.29) is 18.4 Å². The minimum atomic E-state index is -0.729. The molecule has 1 aromatic carbocycles. The Kier molecular flexibility index (Phi) is 4.16. The predicted molar refractivity (Wildman–Crippen MR) is 76.0 cm³/mol. The Morgan fingerprint density at radius 1 is 1.42 bits per heavy atom. The van der Waals surface area contributed by atoms with E-state index in [0.29, 0.717) is 18.8 Å². The van der Waals surface area contributed by atoms with Crippen molar-refractivity contribution in [2.45, 2.75) is 19.4 Å². The number of amides is 1. The smallest absolute Gasteiger partial charge is 0.260 e. The first-order chi connectivity index (χ1) is 8.90. The Hall–Kier alpha value is -1.07. The van der Waals surface area contributed by atoms with Crippen molar-refractivity contribution >= 4 is 21.8 Å². The summed E-state index contributed by atoms with van der Waals surface area (Å²) in [6.07, 6.45) is 0. The van der Waals surface area contributed by atoms with Gasteiger partial charge in [0.2, 0.25) is 0 Å². The summed E-state index contributed by atoms with van der Waals surface area (Å²) in [7, 11) is 0. The van der Waals surface area contributed by atoms with E-state index in [0.717, 1.165) is 4.47 Å². The van der Waals surface area contributed by atoms with Gasteiger partial charge in [0.05, 0.1) is 13.1 Å². The monoisotopic (exact) mass is 327 g/mol. The molecule has 1 aliphatic rings. The van der Waals surface area contributed by atoms with Crippen LogP contribution in [0.25, 0.3) is 0 Å². The molecule has 1 N–H and O–H groups in total. The quantitative estimate of drug-likeness (QED) is 0.920. The van der Waals surface area contributed by atoms with E-state index in [9.17, 15) is 9.90 Å². The predicted octanol–water partition coefficient (Wildman–Crippen LogP) is 2.06. The van der Waals surface area contributed by atoms with Crippen LogP contribution in [-0.2, 0) is 4.79 Å². The van der Waals surface area contributed by atoms with Gasteiger partial charge in [0.25, 0.3) is 5.91 Å². The van der Waals surface area contributed by atoms with Gasteiger partial charge < -0.3 is 14.7 Å². The number of nitrogens with zero attached hydrogens (tertiary/aromatic N) is 1. The van der Waals surface area contributed by atoms with Crippen LogP contribution in [0.1, 0.15) is 13.8 Å². The van der Waals surface area contributed by atoms with Crippen molar-refractivity contribution < 1.29 is 14.6 Å². The molecule has 5 heteroatoms. The van der Waals surface area contributed by atoms with Gasteiger partial charge in [-0.2, -0.15) is 0 Å². The zero-order chi connectivity index (χ0) is 14.0.